The van der Waals surface area contributed by atoms with Crippen LogP contribution in [0.2, 0.25) is 0 Å². The van der Waals surface area contributed by atoms with Gasteiger partial charge in [-0.15, -0.1) is 11.8 Å². The fourth-order valence-electron chi connectivity index (χ4n) is 3.76. The molecule has 0 bridgehead atoms. The van der Waals surface area contributed by atoms with Crippen molar-refractivity contribution in [3.05, 3.63) is 65.5 Å². The van der Waals surface area contributed by atoms with Crippen LogP contribution >= 0.6 is 11.8 Å². The number of carbonyl (C=O) groups excluding carboxylic acids is 2. The summed E-state index contributed by atoms with van der Waals surface area (Å²) in [5.41, 5.74) is 1.55. The van der Waals surface area contributed by atoms with Crippen molar-refractivity contribution in [1.82, 2.24) is 10.2 Å². The van der Waals surface area contributed by atoms with Gasteiger partial charge in [0.2, 0.25) is 5.91 Å². The Hall–Kier alpha value is -2.34. The molecule has 0 unspecified atom stereocenters. The highest BCUT2D eigenvalue weighted by molar-refractivity contribution is 8.00. The van der Waals surface area contributed by atoms with E-state index in [1.165, 1.54) is 43.2 Å². The zero-order valence-electron chi connectivity index (χ0n) is 17.4. The van der Waals surface area contributed by atoms with Gasteiger partial charge in [0.25, 0.3) is 5.91 Å². The molecule has 4 nitrogen and oxygen atoms in total. The number of amides is 2. The highest BCUT2D eigenvalue weighted by atomic mass is 32.2. The van der Waals surface area contributed by atoms with Crippen LogP contribution in [0.1, 0.15) is 48.0 Å². The van der Waals surface area contributed by atoms with Gasteiger partial charge in [0, 0.05) is 24.5 Å². The minimum atomic E-state index is -0.266. The van der Waals surface area contributed by atoms with Crippen molar-refractivity contribution in [3.63, 3.8) is 0 Å². The van der Waals surface area contributed by atoms with Crippen LogP contribution in [0.4, 0.5) is 4.39 Å². The monoisotopic (exact) mass is 428 g/mol. The van der Waals surface area contributed by atoms with Crippen molar-refractivity contribution in [2.45, 2.75) is 49.5 Å². The molecule has 160 valence electrons. The summed E-state index contributed by atoms with van der Waals surface area (Å²) in [6.07, 6.45) is 6.44. The van der Waals surface area contributed by atoms with E-state index in [4.69, 9.17) is 0 Å². The molecule has 0 spiro atoms. The summed E-state index contributed by atoms with van der Waals surface area (Å²) in [5, 5.41) is 2.92. The van der Waals surface area contributed by atoms with Crippen LogP contribution in [0.3, 0.4) is 0 Å². The van der Waals surface area contributed by atoms with Crippen LogP contribution in [0.15, 0.2) is 53.4 Å². The maximum absolute atomic E-state index is 13.0. The number of carbonyl (C=O) groups is 2. The molecule has 1 aliphatic rings. The first kappa shape index (κ1) is 22.3. The number of nitrogens with zero attached hydrogens (tertiary/aromatic N) is 1. The molecule has 1 saturated carbocycles. The number of thioether (sulfide) groups is 1. The largest absolute Gasteiger partial charge is 0.352 e. The Morgan fingerprint density at radius 2 is 1.77 bits per heavy atom. The van der Waals surface area contributed by atoms with Crippen LogP contribution < -0.4 is 5.32 Å². The summed E-state index contributed by atoms with van der Waals surface area (Å²) < 4.78 is 13.0. The average Bonchev–Trinajstić information content (AvgIpc) is 2.79. The first-order valence-electron chi connectivity index (χ1n) is 10.5. The summed E-state index contributed by atoms with van der Waals surface area (Å²) in [6.45, 7) is 0.465. The molecule has 2 aromatic rings. The quantitative estimate of drug-likeness (QED) is 0.621. The van der Waals surface area contributed by atoms with Gasteiger partial charge in [0.1, 0.15) is 5.82 Å². The Bertz CT molecular complexity index is 851. The Balaban J connectivity index is 1.52. The first-order chi connectivity index (χ1) is 14.5. The molecule has 2 aromatic carbocycles. The lowest BCUT2D eigenvalue weighted by molar-refractivity contribution is -0.129. The smallest absolute Gasteiger partial charge is 0.252 e. The number of benzene rings is 2. The van der Waals surface area contributed by atoms with Gasteiger partial charge in [-0.3, -0.25) is 9.59 Å². The van der Waals surface area contributed by atoms with Crippen molar-refractivity contribution in [2.75, 3.05) is 19.3 Å². The van der Waals surface area contributed by atoms with Crippen LogP contribution in [0, 0.1) is 5.82 Å². The van der Waals surface area contributed by atoms with E-state index >= 15 is 0 Å². The lowest BCUT2D eigenvalue weighted by atomic mass is 9.94. The zero-order chi connectivity index (χ0) is 21.3. The van der Waals surface area contributed by atoms with Gasteiger partial charge in [-0.2, -0.15) is 0 Å². The van der Waals surface area contributed by atoms with E-state index in [-0.39, 0.29) is 17.6 Å². The number of nitrogens with one attached hydrogen (secondary N) is 1. The van der Waals surface area contributed by atoms with Crippen LogP contribution in [0.5, 0.6) is 0 Å². The second-order valence-electron chi connectivity index (χ2n) is 7.71. The Morgan fingerprint density at radius 1 is 1.07 bits per heavy atom. The molecular formula is C24H29FN2O2S. The summed E-state index contributed by atoms with van der Waals surface area (Å²) in [4.78, 5) is 28.0. The maximum atomic E-state index is 13.0. The first-order valence-corrected chi connectivity index (χ1v) is 11.5. The van der Waals surface area contributed by atoms with Crippen molar-refractivity contribution >= 4 is 23.6 Å². The van der Waals surface area contributed by atoms with Crippen LogP contribution in [-0.4, -0.2) is 42.1 Å². The summed E-state index contributed by atoms with van der Waals surface area (Å²) in [5.74, 6) is 0.0106. The summed E-state index contributed by atoms with van der Waals surface area (Å²) in [7, 11) is 1.90. The fourth-order valence-corrected chi connectivity index (χ4v) is 4.73. The van der Waals surface area contributed by atoms with E-state index < -0.39 is 0 Å². The van der Waals surface area contributed by atoms with Gasteiger partial charge in [0.05, 0.1) is 11.3 Å². The molecule has 30 heavy (non-hydrogen) atoms. The average molecular weight is 429 g/mol. The number of halogens is 1. The minimum Gasteiger partial charge on any atom is -0.352 e. The molecule has 1 fully saturated rings. The van der Waals surface area contributed by atoms with Gasteiger partial charge in [-0.25, -0.2) is 4.39 Å². The van der Waals surface area contributed by atoms with Gasteiger partial charge in [-0.05, 0) is 49.1 Å². The number of hydrogen-bond acceptors (Lipinski definition) is 3. The molecule has 0 heterocycles. The van der Waals surface area contributed by atoms with Crippen molar-refractivity contribution in [2.24, 2.45) is 0 Å². The molecular weight excluding hydrogens is 399 g/mol. The molecule has 2 amide bonds. The molecule has 0 atom stereocenters. The van der Waals surface area contributed by atoms with E-state index in [1.807, 2.05) is 30.1 Å². The highest BCUT2D eigenvalue weighted by Crippen LogP contribution is 2.25. The Kier molecular flexibility index (Phi) is 8.31. The maximum Gasteiger partial charge on any atom is 0.252 e. The Labute approximate surface area is 182 Å². The van der Waals surface area contributed by atoms with E-state index in [2.05, 4.69) is 5.32 Å². The lowest BCUT2D eigenvalue weighted by Crippen LogP contribution is -2.39. The summed E-state index contributed by atoms with van der Waals surface area (Å²) in [6, 6.07) is 14.0. The zero-order valence-corrected chi connectivity index (χ0v) is 18.2. The van der Waals surface area contributed by atoms with Gasteiger partial charge in [0.15, 0.2) is 0 Å². The summed E-state index contributed by atoms with van der Waals surface area (Å²) >= 11 is 1.41. The molecule has 0 aromatic heterocycles. The predicted molar refractivity (Wildman–Crippen MR) is 119 cm³/mol. The molecule has 0 saturated heterocycles. The molecule has 3 rings (SSSR count). The van der Waals surface area contributed by atoms with Gasteiger partial charge < -0.3 is 10.2 Å². The molecule has 1 aliphatic carbocycles. The number of hydrogen-bond donors (Lipinski definition) is 1. The second-order valence-corrected chi connectivity index (χ2v) is 8.73. The van der Waals surface area contributed by atoms with Crippen LogP contribution in [0.25, 0.3) is 0 Å². The van der Waals surface area contributed by atoms with Crippen molar-refractivity contribution < 1.29 is 14.0 Å². The van der Waals surface area contributed by atoms with Gasteiger partial charge >= 0.3 is 0 Å². The lowest BCUT2D eigenvalue weighted by Gasteiger charge is -2.31. The third kappa shape index (κ3) is 6.33. The van der Waals surface area contributed by atoms with E-state index in [0.717, 1.165) is 23.3 Å². The number of rotatable bonds is 8. The van der Waals surface area contributed by atoms with E-state index in [9.17, 15) is 14.0 Å². The molecule has 0 aliphatic heterocycles. The third-order valence-electron chi connectivity index (χ3n) is 5.61. The van der Waals surface area contributed by atoms with Gasteiger partial charge in [-0.1, -0.05) is 43.5 Å². The molecule has 6 heteroatoms. The SMILES string of the molecule is CN(C(=O)CSc1ccccc1C(=O)NCCc1ccc(F)cc1)C1CCCCC1. The standard InChI is InChI=1S/C24H29FN2O2S/c1-27(20-7-3-2-4-8-20)23(28)17-30-22-10-6-5-9-21(22)24(29)26-16-15-18-11-13-19(25)14-12-18/h5-6,9-14,20H,2-4,7-8,15-17H2,1H3,(H,26,29). The predicted octanol–water partition coefficient (Wildman–Crippen LogP) is 4.68. The van der Waals surface area contributed by atoms with E-state index in [0.29, 0.717) is 30.3 Å². The van der Waals surface area contributed by atoms with Crippen LogP contribution in [-0.2, 0) is 11.2 Å². The minimum absolute atomic E-state index is 0.110. The normalized spacial score (nSPS) is 14.3. The topological polar surface area (TPSA) is 49.4 Å². The molecule has 1 N–H and O–H groups in total. The van der Waals surface area contributed by atoms with Crippen molar-refractivity contribution in [1.29, 1.82) is 0 Å². The van der Waals surface area contributed by atoms with Crippen molar-refractivity contribution in [3.8, 4) is 0 Å². The molecule has 0 radical (unpaired) electrons. The van der Waals surface area contributed by atoms with E-state index in [1.54, 1.807) is 18.2 Å². The third-order valence-corrected chi connectivity index (χ3v) is 6.67. The highest BCUT2D eigenvalue weighted by Gasteiger charge is 2.22. The Morgan fingerprint density at radius 3 is 2.50 bits per heavy atom. The fraction of sp³-hybridized carbons (Fsp3) is 0.417. The second kappa shape index (κ2) is 11.2.